The Kier molecular flexibility index (Phi) is 6.64. The third-order valence-electron chi connectivity index (χ3n) is 8.86. The van der Waals surface area contributed by atoms with Crippen LogP contribution in [0.15, 0.2) is 155 Å². The Hall–Kier alpha value is -5.28. The number of aliphatic imine (C=N–C) groups is 2. The molecule has 0 saturated carbocycles. The van der Waals surface area contributed by atoms with E-state index in [0.717, 1.165) is 53.3 Å². The molecule has 3 heteroatoms. The second-order valence-electron chi connectivity index (χ2n) is 11.8. The quantitative estimate of drug-likeness (QED) is 0.203. The summed E-state index contributed by atoms with van der Waals surface area (Å²) in [6, 6.07) is 41.2. The monoisotopic (exact) mass is 567 g/mol. The van der Waals surface area contributed by atoms with E-state index in [1.807, 2.05) is 0 Å². The fraction of sp³-hybridized carbons (Fsp3) is 0.122. The van der Waals surface area contributed by atoms with E-state index < -0.39 is 0 Å². The minimum absolute atomic E-state index is 0.280. The van der Waals surface area contributed by atoms with Crippen molar-refractivity contribution >= 4 is 49.8 Å². The number of hydrogen-bond acceptors (Lipinski definition) is 2. The summed E-state index contributed by atoms with van der Waals surface area (Å²) in [6.07, 6.45) is 12.1. The minimum atomic E-state index is 0.280. The molecule has 0 N–H and O–H groups in total. The number of rotatable bonds is 4. The number of para-hydroxylation sites is 2. The smallest absolute Gasteiger partial charge is 0.160 e. The first-order chi connectivity index (χ1) is 21.7. The van der Waals surface area contributed by atoms with Crippen LogP contribution < -0.4 is 0 Å². The van der Waals surface area contributed by atoms with Gasteiger partial charge in [0.05, 0.1) is 22.4 Å². The van der Waals surface area contributed by atoms with Gasteiger partial charge in [-0.15, -0.1) is 0 Å². The highest BCUT2D eigenvalue weighted by atomic mass is 15.0. The van der Waals surface area contributed by atoms with Gasteiger partial charge in [0.15, 0.2) is 5.84 Å². The summed E-state index contributed by atoms with van der Waals surface area (Å²) >= 11 is 0. The van der Waals surface area contributed by atoms with Crippen LogP contribution in [0.5, 0.6) is 0 Å². The molecule has 6 aromatic rings. The summed E-state index contributed by atoms with van der Waals surface area (Å²) in [5.41, 5.74) is 9.05. The molecule has 44 heavy (non-hydrogen) atoms. The van der Waals surface area contributed by atoms with Crippen LogP contribution in [0.25, 0.3) is 44.0 Å². The third kappa shape index (κ3) is 4.71. The number of nitrogens with zero attached hydrogens (tertiary/aromatic N) is 3. The molecule has 2 heterocycles. The molecule has 1 aliphatic heterocycles. The fourth-order valence-corrected chi connectivity index (χ4v) is 6.59. The van der Waals surface area contributed by atoms with E-state index in [-0.39, 0.29) is 5.92 Å². The Balaban J connectivity index is 1.26. The van der Waals surface area contributed by atoms with Gasteiger partial charge in [0.25, 0.3) is 0 Å². The Labute approximate surface area is 257 Å². The predicted molar refractivity (Wildman–Crippen MR) is 187 cm³/mol. The first kappa shape index (κ1) is 26.4. The van der Waals surface area contributed by atoms with Crippen LogP contribution in [0, 0.1) is 5.92 Å². The van der Waals surface area contributed by atoms with Crippen molar-refractivity contribution in [1.82, 2.24) is 4.57 Å². The van der Waals surface area contributed by atoms with Crippen molar-refractivity contribution in [2.75, 3.05) is 0 Å². The summed E-state index contributed by atoms with van der Waals surface area (Å²) in [7, 11) is 0. The molecule has 1 aromatic heterocycles. The topological polar surface area (TPSA) is 29.6 Å². The molecular weight excluding hydrogens is 534 g/mol. The molecule has 0 amide bonds. The number of allylic oxidation sites excluding steroid dienone is 5. The van der Waals surface area contributed by atoms with Crippen molar-refractivity contribution in [3.63, 3.8) is 0 Å². The zero-order valence-electron chi connectivity index (χ0n) is 24.8. The average Bonchev–Trinajstić information content (AvgIpc) is 3.42. The second-order valence-corrected chi connectivity index (χ2v) is 11.8. The van der Waals surface area contributed by atoms with Crippen LogP contribution in [0.1, 0.15) is 37.3 Å². The van der Waals surface area contributed by atoms with Gasteiger partial charge in [-0.3, -0.25) is 0 Å². The summed E-state index contributed by atoms with van der Waals surface area (Å²) in [5, 5.41) is 4.90. The molecule has 3 nitrogen and oxygen atoms in total. The van der Waals surface area contributed by atoms with Crippen molar-refractivity contribution in [3.8, 4) is 5.69 Å². The normalized spacial score (nSPS) is 18.3. The summed E-state index contributed by atoms with van der Waals surface area (Å²) < 4.78 is 2.37. The van der Waals surface area contributed by atoms with Crippen LogP contribution in [0.2, 0.25) is 0 Å². The average molecular weight is 568 g/mol. The van der Waals surface area contributed by atoms with Gasteiger partial charge in [-0.05, 0) is 71.5 Å². The third-order valence-corrected chi connectivity index (χ3v) is 8.86. The first-order valence-corrected chi connectivity index (χ1v) is 15.6. The van der Waals surface area contributed by atoms with E-state index in [1.165, 1.54) is 38.2 Å². The lowest BCUT2D eigenvalue weighted by Gasteiger charge is -2.20. The molecule has 212 valence electrons. The Morgan fingerprint density at radius 1 is 0.636 bits per heavy atom. The summed E-state index contributed by atoms with van der Waals surface area (Å²) in [4.78, 5) is 10.5. The zero-order chi connectivity index (χ0) is 29.5. The number of fused-ring (bicyclic) bond motifs is 4. The molecular formula is C41H33N3. The molecule has 0 fully saturated rings. The van der Waals surface area contributed by atoms with Crippen molar-refractivity contribution in [1.29, 1.82) is 0 Å². The van der Waals surface area contributed by atoms with E-state index in [0.29, 0.717) is 0 Å². The molecule has 2 aliphatic rings. The molecule has 0 spiro atoms. The Morgan fingerprint density at radius 3 is 2.09 bits per heavy atom. The maximum absolute atomic E-state index is 5.32. The Morgan fingerprint density at radius 2 is 1.34 bits per heavy atom. The van der Waals surface area contributed by atoms with Crippen LogP contribution in [-0.4, -0.2) is 16.1 Å². The number of hydrogen-bond donors (Lipinski definition) is 0. The van der Waals surface area contributed by atoms with Crippen LogP contribution in [0.4, 0.5) is 0 Å². The predicted octanol–water partition coefficient (Wildman–Crippen LogP) is 10.5. The van der Waals surface area contributed by atoms with Gasteiger partial charge in [-0.25, -0.2) is 9.98 Å². The van der Waals surface area contributed by atoms with E-state index in [2.05, 4.69) is 151 Å². The molecule has 1 atom stereocenters. The molecule has 0 bridgehead atoms. The van der Waals surface area contributed by atoms with Gasteiger partial charge in [-0.2, -0.15) is 0 Å². The van der Waals surface area contributed by atoms with Gasteiger partial charge in [-0.1, -0.05) is 116 Å². The van der Waals surface area contributed by atoms with Gasteiger partial charge < -0.3 is 4.57 Å². The summed E-state index contributed by atoms with van der Waals surface area (Å²) in [5.74, 6) is 1.04. The van der Waals surface area contributed by atoms with Crippen molar-refractivity contribution in [2.45, 2.75) is 26.2 Å². The zero-order valence-corrected chi connectivity index (χ0v) is 24.8. The molecule has 5 aromatic carbocycles. The van der Waals surface area contributed by atoms with E-state index in [4.69, 9.17) is 9.98 Å². The first-order valence-electron chi connectivity index (χ1n) is 15.6. The molecule has 0 saturated heterocycles. The second kappa shape index (κ2) is 11.1. The SMILES string of the molecule is CC1C/C=C(\c2ccccc2)N=C(c2ccc3cc(-n4c5ccccc5c5ccccc54)ccc3c2)N=C1C1=CCCC=C1. The van der Waals surface area contributed by atoms with E-state index >= 15 is 0 Å². The minimum Gasteiger partial charge on any atom is -0.309 e. The highest BCUT2D eigenvalue weighted by molar-refractivity contribution is 6.16. The van der Waals surface area contributed by atoms with Crippen LogP contribution in [-0.2, 0) is 0 Å². The number of amidine groups is 1. The standard InChI is InChI=1S/C41H33N3/c1-28-20-25-37(29-12-4-2-5-13-29)42-41(43-40(28)30-14-6-3-7-15-30)33-22-21-32-27-34(24-23-31(32)26-33)44-38-18-10-8-16-35(38)36-17-9-11-19-39(36)44/h2,4-6,8-19,21-28H,3,7,20H2,1H3/b37-25+,42-41?,43-40?. The molecule has 0 radical (unpaired) electrons. The number of aromatic nitrogens is 1. The maximum atomic E-state index is 5.32. The van der Waals surface area contributed by atoms with Crippen LogP contribution in [0.3, 0.4) is 0 Å². The van der Waals surface area contributed by atoms with Gasteiger partial charge in [0.2, 0.25) is 0 Å². The lowest BCUT2D eigenvalue weighted by molar-refractivity contribution is 0.789. The summed E-state index contributed by atoms with van der Waals surface area (Å²) in [6.45, 7) is 2.28. The molecule has 1 unspecified atom stereocenters. The lowest BCUT2D eigenvalue weighted by Crippen LogP contribution is -2.18. The van der Waals surface area contributed by atoms with Gasteiger partial charge in [0, 0.05) is 27.9 Å². The Bertz CT molecular complexity index is 2150. The largest absolute Gasteiger partial charge is 0.309 e. The maximum Gasteiger partial charge on any atom is 0.160 e. The molecule has 8 rings (SSSR count). The van der Waals surface area contributed by atoms with E-state index in [9.17, 15) is 0 Å². The number of benzene rings is 5. The van der Waals surface area contributed by atoms with Crippen molar-refractivity contribution in [2.24, 2.45) is 15.9 Å². The highest BCUT2D eigenvalue weighted by Gasteiger charge is 2.20. The van der Waals surface area contributed by atoms with E-state index in [1.54, 1.807) is 0 Å². The van der Waals surface area contributed by atoms with Crippen LogP contribution >= 0.6 is 0 Å². The van der Waals surface area contributed by atoms with Crippen molar-refractivity contribution in [3.05, 3.63) is 156 Å². The lowest BCUT2D eigenvalue weighted by atomic mass is 9.90. The molecule has 1 aliphatic carbocycles. The van der Waals surface area contributed by atoms with Crippen molar-refractivity contribution < 1.29 is 0 Å². The van der Waals surface area contributed by atoms with Gasteiger partial charge in [0.1, 0.15) is 0 Å². The van der Waals surface area contributed by atoms with Gasteiger partial charge >= 0.3 is 0 Å². The fourth-order valence-electron chi connectivity index (χ4n) is 6.59. The highest BCUT2D eigenvalue weighted by Crippen LogP contribution is 2.33.